The SMILES string of the molecule is CN1CCC(c2[nH]nc3ccc(S(=O)(=O)c4cccc(Cl)c4)cc23)CC1. The average Bonchev–Trinajstić information content (AvgIpc) is 3.05. The lowest BCUT2D eigenvalue weighted by molar-refractivity contribution is 0.254. The predicted molar refractivity (Wildman–Crippen MR) is 102 cm³/mol. The summed E-state index contributed by atoms with van der Waals surface area (Å²) in [5.74, 6) is 0.375. The minimum atomic E-state index is -3.62. The molecule has 1 aliphatic rings. The van der Waals surface area contributed by atoms with Crippen LogP contribution in [0, 0.1) is 0 Å². The molecule has 0 aliphatic carbocycles. The molecule has 136 valence electrons. The summed E-state index contributed by atoms with van der Waals surface area (Å²) < 4.78 is 26.0. The molecule has 0 unspecified atom stereocenters. The largest absolute Gasteiger partial charge is 0.306 e. The molecule has 2 aromatic carbocycles. The summed E-state index contributed by atoms with van der Waals surface area (Å²) in [4.78, 5) is 2.78. The minimum absolute atomic E-state index is 0.202. The van der Waals surface area contributed by atoms with Gasteiger partial charge in [-0.05, 0) is 69.4 Å². The van der Waals surface area contributed by atoms with Gasteiger partial charge >= 0.3 is 0 Å². The second kappa shape index (κ2) is 6.68. The number of sulfone groups is 1. The van der Waals surface area contributed by atoms with E-state index in [-0.39, 0.29) is 9.79 Å². The fraction of sp³-hybridized carbons (Fsp3) is 0.316. The maximum atomic E-state index is 13.0. The van der Waals surface area contributed by atoms with Crippen LogP contribution in [0.1, 0.15) is 24.5 Å². The van der Waals surface area contributed by atoms with Crippen molar-refractivity contribution >= 4 is 32.3 Å². The smallest absolute Gasteiger partial charge is 0.206 e. The molecule has 7 heteroatoms. The van der Waals surface area contributed by atoms with Crippen molar-refractivity contribution in [2.24, 2.45) is 0 Å². The second-order valence-corrected chi connectivity index (χ2v) is 9.24. The maximum Gasteiger partial charge on any atom is 0.206 e. The summed E-state index contributed by atoms with van der Waals surface area (Å²) in [5.41, 5.74) is 1.83. The van der Waals surface area contributed by atoms with Crippen LogP contribution >= 0.6 is 11.6 Å². The van der Waals surface area contributed by atoms with Crippen LogP contribution in [0.25, 0.3) is 10.9 Å². The maximum absolute atomic E-state index is 13.0. The van der Waals surface area contributed by atoms with Crippen LogP contribution in [-0.2, 0) is 9.84 Å². The number of piperidine rings is 1. The Morgan fingerprint density at radius 3 is 2.58 bits per heavy atom. The third-order valence-corrected chi connectivity index (χ3v) is 7.08. The Balaban J connectivity index is 1.76. The monoisotopic (exact) mass is 389 g/mol. The van der Waals surface area contributed by atoms with Crippen molar-refractivity contribution in [3.8, 4) is 0 Å². The lowest BCUT2D eigenvalue weighted by Crippen LogP contribution is -2.29. The molecule has 1 aromatic heterocycles. The highest BCUT2D eigenvalue weighted by Gasteiger charge is 2.24. The van der Waals surface area contributed by atoms with Gasteiger partial charge < -0.3 is 4.90 Å². The van der Waals surface area contributed by atoms with Gasteiger partial charge in [0.15, 0.2) is 0 Å². The molecule has 0 amide bonds. The second-order valence-electron chi connectivity index (χ2n) is 6.85. The summed E-state index contributed by atoms with van der Waals surface area (Å²) >= 11 is 5.97. The number of nitrogens with zero attached hydrogens (tertiary/aromatic N) is 2. The van der Waals surface area contributed by atoms with Gasteiger partial charge in [-0.1, -0.05) is 17.7 Å². The number of aromatic nitrogens is 2. The van der Waals surface area contributed by atoms with Crippen LogP contribution in [0.3, 0.4) is 0 Å². The number of aromatic amines is 1. The van der Waals surface area contributed by atoms with Gasteiger partial charge in [-0.2, -0.15) is 5.10 Å². The van der Waals surface area contributed by atoms with E-state index < -0.39 is 9.84 Å². The number of H-pyrrole nitrogens is 1. The topological polar surface area (TPSA) is 66.1 Å². The number of fused-ring (bicyclic) bond motifs is 1. The number of rotatable bonds is 3. The number of hydrogen-bond donors (Lipinski definition) is 1. The first-order valence-electron chi connectivity index (χ1n) is 8.62. The Kier molecular flexibility index (Phi) is 4.50. The van der Waals surface area contributed by atoms with Crippen LogP contribution in [-0.4, -0.2) is 43.7 Å². The van der Waals surface area contributed by atoms with Crippen molar-refractivity contribution < 1.29 is 8.42 Å². The molecular weight excluding hydrogens is 370 g/mol. The van der Waals surface area contributed by atoms with Gasteiger partial charge in [-0.25, -0.2) is 8.42 Å². The molecule has 1 N–H and O–H groups in total. The fourth-order valence-electron chi connectivity index (χ4n) is 3.55. The van der Waals surface area contributed by atoms with Crippen molar-refractivity contribution in [1.29, 1.82) is 0 Å². The van der Waals surface area contributed by atoms with Crippen molar-refractivity contribution in [1.82, 2.24) is 15.1 Å². The van der Waals surface area contributed by atoms with E-state index in [0.29, 0.717) is 10.9 Å². The van der Waals surface area contributed by atoms with Gasteiger partial charge in [0.05, 0.1) is 15.3 Å². The Morgan fingerprint density at radius 1 is 1.12 bits per heavy atom. The van der Waals surface area contributed by atoms with Crippen LogP contribution in [0.2, 0.25) is 5.02 Å². The molecule has 1 saturated heterocycles. The summed E-state index contributed by atoms with van der Waals surface area (Å²) in [7, 11) is -1.50. The molecule has 1 aliphatic heterocycles. The fourth-order valence-corrected chi connectivity index (χ4v) is 5.14. The molecule has 0 radical (unpaired) electrons. The van der Waals surface area contributed by atoms with Gasteiger partial charge in [0, 0.05) is 22.0 Å². The predicted octanol–water partition coefficient (Wildman–Crippen LogP) is 3.86. The van der Waals surface area contributed by atoms with E-state index in [0.717, 1.165) is 42.5 Å². The number of benzene rings is 2. The van der Waals surface area contributed by atoms with Crippen LogP contribution < -0.4 is 0 Å². The zero-order valence-electron chi connectivity index (χ0n) is 14.4. The van der Waals surface area contributed by atoms with Crippen molar-refractivity contribution in [2.45, 2.75) is 28.6 Å². The molecule has 0 saturated carbocycles. The van der Waals surface area contributed by atoms with Crippen molar-refractivity contribution in [3.05, 3.63) is 53.2 Å². The zero-order chi connectivity index (χ0) is 18.3. The Labute approximate surface area is 157 Å². The molecule has 1 fully saturated rings. The van der Waals surface area contributed by atoms with E-state index in [2.05, 4.69) is 22.1 Å². The number of halogens is 1. The molecule has 0 bridgehead atoms. The summed E-state index contributed by atoms with van der Waals surface area (Å²) in [6.45, 7) is 2.07. The lowest BCUT2D eigenvalue weighted by Gasteiger charge is -2.28. The first-order valence-corrected chi connectivity index (χ1v) is 10.5. The molecule has 2 heterocycles. The van der Waals surface area contributed by atoms with Gasteiger partial charge in [0.1, 0.15) is 0 Å². The van der Waals surface area contributed by atoms with Gasteiger partial charge in [-0.3, -0.25) is 5.10 Å². The highest BCUT2D eigenvalue weighted by atomic mass is 35.5. The van der Waals surface area contributed by atoms with Crippen molar-refractivity contribution in [3.63, 3.8) is 0 Å². The Morgan fingerprint density at radius 2 is 1.85 bits per heavy atom. The molecule has 0 atom stereocenters. The van der Waals surface area contributed by atoms with Crippen LogP contribution in [0.5, 0.6) is 0 Å². The van der Waals surface area contributed by atoms with Crippen LogP contribution in [0.15, 0.2) is 52.3 Å². The molecule has 0 spiro atoms. The minimum Gasteiger partial charge on any atom is -0.306 e. The molecule has 26 heavy (non-hydrogen) atoms. The highest BCUT2D eigenvalue weighted by Crippen LogP contribution is 2.33. The lowest BCUT2D eigenvalue weighted by atomic mass is 9.92. The van der Waals surface area contributed by atoms with Crippen molar-refractivity contribution in [2.75, 3.05) is 20.1 Å². The number of likely N-dealkylation sites (tertiary alicyclic amines) is 1. The highest BCUT2D eigenvalue weighted by molar-refractivity contribution is 7.91. The van der Waals surface area contributed by atoms with E-state index in [1.807, 2.05) is 0 Å². The Hall–Kier alpha value is -1.89. The average molecular weight is 390 g/mol. The zero-order valence-corrected chi connectivity index (χ0v) is 16.0. The Bertz CT molecular complexity index is 1050. The van der Waals surface area contributed by atoms with Crippen LogP contribution in [0.4, 0.5) is 0 Å². The van der Waals surface area contributed by atoms with E-state index >= 15 is 0 Å². The first-order chi connectivity index (χ1) is 12.4. The molecule has 3 aromatic rings. The number of nitrogens with one attached hydrogen (secondary N) is 1. The van der Waals surface area contributed by atoms with Gasteiger partial charge in [0.2, 0.25) is 9.84 Å². The normalized spacial score (nSPS) is 17.0. The van der Waals surface area contributed by atoms with Gasteiger partial charge in [-0.15, -0.1) is 0 Å². The third-order valence-electron chi connectivity index (χ3n) is 5.10. The quantitative estimate of drug-likeness (QED) is 0.738. The van der Waals surface area contributed by atoms with E-state index in [1.54, 1.807) is 36.4 Å². The van der Waals surface area contributed by atoms with Gasteiger partial charge in [0.25, 0.3) is 0 Å². The molecule has 5 nitrogen and oxygen atoms in total. The first kappa shape index (κ1) is 17.5. The van der Waals surface area contributed by atoms with E-state index in [4.69, 9.17) is 11.6 Å². The standard InChI is InChI=1S/C19H20ClN3O2S/c1-23-9-7-13(8-10-23)19-17-12-16(5-6-18(17)21-22-19)26(24,25)15-4-2-3-14(20)11-15/h2-6,11-13H,7-10H2,1H3,(H,21,22). The number of hydrogen-bond acceptors (Lipinski definition) is 4. The molecule has 4 rings (SSSR count). The summed E-state index contributed by atoms with van der Waals surface area (Å²) in [5, 5.41) is 8.81. The molecular formula is C19H20ClN3O2S. The summed E-state index contributed by atoms with van der Waals surface area (Å²) in [6, 6.07) is 11.5. The summed E-state index contributed by atoms with van der Waals surface area (Å²) in [6.07, 6.45) is 2.08. The van der Waals surface area contributed by atoms with E-state index in [9.17, 15) is 8.42 Å². The third kappa shape index (κ3) is 3.13. The van der Waals surface area contributed by atoms with E-state index in [1.165, 1.54) is 6.07 Å².